The molecule has 4 heteroatoms. The maximum atomic E-state index is 5.90. The standard InChI is InChI=1S/C13H24N4/c1-4-17(10-6-9-16(2)3)11-13-12(14)7-5-8-15-13/h5,7-8H,4,6,9-11,14H2,1-3H3. The maximum Gasteiger partial charge on any atom is 0.0772 e. The lowest BCUT2D eigenvalue weighted by Crippen LogP contribution is -2.27. The van der Waals surface area contributed by atoms with Gasteiger partial charge in [-0.2, -0.15) is 0 Å². The number of hydrogen-bond donors (Lipinski definition) is 1. The lowest BCUT2D eigenvalue weighted by molar-refractivity contribution is 0.257. The molecule has 17 heavy (non-hydrogen) atoms. The predicted octanol–water partition coefficient (Wildman–Crippen LogP) is 1.44. The summed E-state index contributed by atoms with van der Waals surface area (Å²) >= 11 is 0. The number of hydrogen-bond acceptors (Lipinski definition) is 4. The van der Waals surface area contributed by atoms with E-state index in [-0.39, 0.29) is 0 Å². The van der Waals surface area contributed by atoms with E-state index in [9.17, 15) is 0 Å². The predicted molar refractivity (Wildman–Crippen MR) is 72.8 cm³/mol. The van der Waals surface area contributed by atoms with Crippen LogP contribution in [0, 0.1) is 0 Å². The first-order valence-electron chi connectivity index (χ1n) is 6.20. The van der Waals surface area contributed by atoms with E-state index >= 15 is 0 Å². The molecular weight excluding hydrogens is 212 g/mol. The molecule has 0 saturated heterocycles. The number of rotatable bonds is 7. The molecule has 0 fully saturated rings. The topological polar surface area (TPSA) is 45.4 Å². The molecule has 0 aromatic carbocycles. The average molecular weight is 236 g/mol. The zero-order chi connectivity index (χ0) is 12.7. The third-order valence-electron chi connectivity index (χ3n) is 2.83. The quantitative estimate of drug-likeness (QED) is 0.778. The molecule has 0 unspecified atom stereocenters. The van der Waals surface area contributed by atoms with Gasteiger partial charge in [0, 0.05) is 12.7 Å². The van der Waals surface area contributed by atoms with Gasteiger partial charge in [-0.3, -0.25) is 9.88 Å². The van der Waals surface area contributed by atoms with Crippen molar-refractivity contribution in [1.29, 1.82) is 0 Å². The Morgan fingerprint density at radius 2 is 2.06 bits per heavy atom. The molecule has 0 spiro atoms. The Morgan fingerprint density at radius 3 is 2.65 bits per heavy atom. The third-order valence-corrected chi connectivity index (χ3v) is 2.83. The fraction of sp³-hybridized carbons (Fsp3) is 0.615. The van der Waals surface area contributed by atoms with Crippen LogP contribution in [0.2, 0.25) is 0 Å². The molecule has 1 aromatic heterocycles. The molecule has 0 saturated carbocycles. The number of nitrogen functional groups attached to an aromatic ring is 1. The van der Waals surface area contributed by atoms with Crippen molar-refractivity contribution >= 4 is 5.69 Å². The van der Waals surface area contributed by atoms with Crippen LogP contribution in [0.25, 0.3) is 0 Å². The molecular formula is C13H24N4. The minimum Gasteiger partial charge on any atom is -0.397 e. The second kappa shape index (κ2) is 7.25. The van der Waals surface area contributed by atoms with Gasteiger partial charge in [-0.25, -0.2) is 0 Å². The molecule has 0 amide bonds. The molecule has 0 atom stereocenters. The summed E-state index contributed by atoms with van der Waals surface area (Å²) in [5.74, 6) is 0. The van der Waals surface area contributed by atoms with Gasteiger partial charge < -0.3 is 10.6 Å². The van der Waals surface area contributed by atoms with E-state index in [1.54, 1.807) is 6.20 Å². The SMILES string of the molecule is CCN(CCCN(C)C)Cc1ncccc1N. The summed E-state index contributed by atoms with van der Waals surface area (Å²) in [6.07, 6.45) is 2.98. The highest BCUT2D eigenvalue weighted by Crippen LogP contribution is 2.10. The number of nitrogens with two attached hydrogens (primary N) is 1. The summed E-state index contributed by atoms with van der Waals surface area (Å²) in [4.78, 5) is 8.92. The molecule has 2 N–H and O–H groups in total. The molecule has 0 bridgehead atoms. The van der Waals surface area contributed by atoms with Gasteiger partial charge in [0.25, 0.3) is 0 Å². The van der Waals surface area contributed by atoms with Crippen molar-refractivity contribution in [3.05, 3.63) is 24.0 Å². The van der Waals surface area contributed by atoms with Gasteiger partial charge in [0.1, 0.15) is 0 Å². The Kier molecular flexibility index (Phi) is 5.94. The van der Waals surface area contributed by atoms with Gasteiger partial charge in [-0.15, -0.1) is 0 Å². The molecule has 1 aromatic rings. The highest BCUT2D eigenvalue weighted by molar-refractivity contribution is 5.41. The van der Waals surface area contributed by atoms with Crippen LogP contribution in [0.15, 0.2) is 18.3 Å². The van der Waals surface area contributed by atoms with E-state index in [0.717, 1.165) is 37.6 Å². The van der Waals surface area contributed by atoms with E-state index in [1.165, 1.54) is 6.42 Å². The molecule has 1 heterocycles. The van der Waals surface area contributed by atoms with Gasteiger partial charge in [0.05, 0.1) is 11.4 Å². The minimum atomic E-state index is 0.790. The van der Waals surface area contributed by atoms with E-state index in [4.69, 9.17) is 5.73 Å². The molecule has 1 rings (SSSR count). The Labute approximate surface area is 104 Å². The summed E-state index contributed by atoms with van der Waals surface area (Å²) in [5.41, 5.74) is 7.68. The van der Waals surface area contributed by atoms with E-state index in [1.807, 2.05) is 12.1 Å². The van der Waals surface area contributed by atoms with Crippen LogP contribution in [0.5, 0.6) is 0 Å². The van der Waals surface area contributed by atoms with E-state index < -0.39 is 0 Å². The number of pyridine rings is 1. The Hall–Kier alpha value is -1.13. The van der Waals surface area contributed by atoms with Crippen molar-refractivity contribution < 1.29 is 0 Å². The Morgan fingerprint density at radius 1 is 1.29 bits per heavy atom. The molecule has 0 aliphatic rings. The molecule has 4 nitrogen and oxygen atoms in total. The number of nitrogens with zero attached hydrogens (tertiary/aromatic N) is 3. The largest absolute Gasteiger partial charge is 0.397 e. The van der Waals surface area contributed by atoms with Crippen molar-refractivity contribution in [2.45, 2.75) is 19.9 Å². The monoisotopic (exact) mass is 236 g/mol. The van der Waals surface area contributed by atoms with Crippen molar-refractivity contribution in [3.63, 3.8) is 0 Å². The normalized spacial score (nSPS) is 11.4. The lowest BCUT2D eigenvalue weighted by Gasteiger charge is -2.21. The summed E-state index contributed by atoms with van der Waals surface area (Å²) in [6, 6.07) is 3.79. The van der Waals surface area contributed by atoms with Crippen molar-refractivity contribution in [3.8, 4) is 0 Å². The molecule has 96 valence electrons. The first-order valence-corrected chi connectivity index (χ1v) is 6.20. The highest BCUT2D eigenvalue weighted by Gasteiger charge is 2.07. The Bertz CT molecular complexity index is 325. The summed E-state index contributed by atoms with van der Waals surface area (Å²) in [6.45, 7) is 6.26. The van der Waals surface area contributed by atoms with E-state index in [2.05, 4.69) is 35.8 Å². The van der Waals surface area contributed by atoms with E-state index in [0.29, 0.717) is 0 Å². The molecule has 0 aliphatic carbocycles. The van der Waals surface area contributed by atoms with Gasteiger partial charge in [0.15, 0.2) is 0 Å². The van der Waals surface area contributed by atoms with Crippen LogP contribution < -0.4 is 5.73 Å². The average Bonchev–Trinajstić information content (AvgIpc) is 2.30. The van der Waals surface area contributed by atoms with Gasteiger partial charge in [0.2, 0.25) is 0 Å². The first kappa shape index (κ1) is 13.9. The maximum absolute atomic E-state index is 5.90. The van der Waals surface area contributed by atoms with Crippen molar-refractivity contribution in [2.24, 2.45) is 0 Å². The van der Waals surface area contributed by atoms with Gasteiger partial charge >= 0.3 is 0 Å². The van der Waals surface area contributed by atoms with Gasteiger partial charge in [-0.1, -0.05) is 6.92 Å². The van der Waals surface area contributed by atoms with Crippen LogP contribution >= 0.6 is 0 Å². The highest BCUT2D eigenvalue weighted by atomic mass is 15.1. The second-order valence-electron chi connectivity index (χ2n) is 4.56. The van der Waals surface area contributed by atoms with Crippen molar-refractivity contribution in [2.75, 3.05) is 39.5 Å². The fourth-order valence-electron chi connectivity index (χ4n) is 1.75. The van der Waals surface area contributed by atoms with Gasteiger partial charge in [-0.05, 0) is 52.3 Å². The minimum absolute atomic E-state index is 0.790. The molecule has 0 aliphatic heterocycles. The second-order valence-corrected chi connectivity index (χ2v) is 4.56. The van der Waals surface area contributed by atoms with Crippen molar-refractivity contribution in [1.82, 2.24) is 14.8 Å². The molecule has 0 radical (unpaired) electrons. The first-order chi connectivity index (χ1) is 8.13. The zero-order valence-corrected chi connectivity index (χ0v) is 11.2. The van der Waals surface area contributed by atoms with Crippen LogP contribution in [-0.4, -0.2) is 48.5 Å². The number of aromatic nitrogens is 1. The lowest BCUT2D eigenvalue weighted by atomic mass is 10.2. The summed E-state index contributed by atoms with van der Waals surface area (Å²) < 4.78 is 0. The third kappa shape index (κ3) is 5.15. The smallest absolute Gasteiger partial charge is 0.0772 e. The summed E-state index contributed by atoms with van der Waals surface area (Å²) in [5, 5.41) is 0. The zero-order valence-electron chi connectivity index (χ0n) is 11.2. The fourth-order valence-corrected chi connectivity index (χ4v) is 1.75. The van der Waals surface area contributed by atoms with Crippen LogP contribution in [-0.2, 0) is 6.54 Å². The summed E-state index contributed by atoms with van der Waals surface area (Å²) in [7, 11) is 4.21. The Balaban J connectivity index is 2.44. The van der Waals surface area contributed by atoms with Crippen LogP contribution in [0.3, 0.4) is 0 Å². The van der Waals surface area contributed by atoms with Crippen LogP contribution in [0.4, 0.5) is 5.69 Å². The number of anilines is 1. The van der Waals surface area contributed by atoms with Crippen LogP contribution in [0.1, 0.15) is 19.0 Å².